The normalized spacial score (nSPS) is 26.9. The number of anilines is 1. The molecule has 19 heavy (non-hydrogen) atoms. The number of halogens is 1. The molecule has 2 rings (SSSR count). The molecule has 1 aliphatic heterocycles. The highest BCUT2D eigenvalue weighted by Gasteiger charge is 2.41. The lowest BCUT2D eigenvalue weighted by atomic mass is 9.84. The summed E-state index contributed by atoms with van der Waals surface area (Å²) in [6.07, 6.45) is 1.83. The van der Waals surface area contributed by atoms with Gasteiger partial charge < -0.3 is 15.8 Å². The van der Waals surface area contributed by atoms with E-state index < -0.39 is 11.4 Å². The summed E-state index contributed by atoms with van der Waals surface area (Å²) >= 11 is 0. The van der Waals surface area contributed by atoms with Crippen LogP contribution in [0.3, 0.4) is 0 Å². The molecule has 0 saturated carbocycles. The first-order valence-electron chi connectivity index (χ1n) is 6.51. The summed E-state index contributed by atoms with van der Waals surface area (Å²) in [5.74, 6) is -0.762. The summed E-state index contributed by atoms with van der Waals surface area (Å²) < 4.78 is 18.8. The minimum atomic E-state index is -0.854. The molecule has 1 fully saturated rings. The van der Waals surface area contributed by atoms with E-state index in [1.165, 1.54) is 12.1 Å². The van der Waals surface area contributed by atoms with Crippen molar-refractivity contribution in [3.05, 3.63) is 30.1 Å². The number of amides is 1. The van der Waals surface area contributed by atoms with E-state index in [0.717, 1.165) is 6.42 Å². The molecule has 0 aliphatic carbocycles. The molecule has 2 unspecified atom stereocenters. The fraction of sp³-hybridized carbons (Fsp3) is 0.500. The van der Waals surface area contributed by atoms with E-state index in [4.69, 9.17) is 10.5 Å². The Labute approximate surface area is 112 Å². The summed E-state index contributed by atoms with van der Waals surface area (Å²) in [4.78, 5) is 11.8. The Balaban J connectivity index is 2.22. The molecule has 0 spiro atoms. The summed E-state index contributed by atoms with van der Waals surface area (Å²) in [5.41, 5.74) is 5.27. The maximum atomic E-state index is 13.2. The number of rotatable bonds is 4. The van der Waals surface area contributed by atoms with E-state index in [-0.39, 0.29) is 11.9 Å². The number of carbonyl (C=O) groups excluding carboxylic acids is 1. The van der Waals surface area contributed by atoms with Crippen molar-refractivity contribution in [1.29, 1.82) is 0 Å². The second kappa shape index (κ2) is 5.57. The average molecular weight is 266 g/mol. The van der Waals surface area contributed by atoms with Crippen LogP contribution in [0.2, 0.25) is 0 Å². The van der Waals surface area contributed by atoms with Crippen molar-refractivity contribution in [3.63, 3.8) is 0 Å². The Kier molecular flexibility index (Phi) is 4.04. The van der Waals surface area contributed by atoms with Crippen LogP contribution < -0.4 is 11.1 Å². The number of hydrogen-bond acceptors (Lipinski definition) is 3. The standard InChI is InChI=1S/C14H19FN2O2/c1-2-12-9-14(13(16)18,6-7-19-12)17-11-5-3-4-10(15)8-11/h3-5,8,12,17H,2,6-7,9H2,1H3,(H2,16,18). The summed E-state index contributed by atoms with van der Waals surface area (Å²) in [6.45, 7) is 2.48. The molecule has 4 nitrogen and oxygen atoms in total. The van der Waals surface area contributed by atoms with Gasteiger partial charge in [-0.1, -0.05) is 13.0 Å². The molecule has 0 aromatic heterocycles. The van der Waals surface area contributed by atoms with Crippen molar-refractivity contribution in [1.82, 2.24) is 0 Å². The SMILES string of the molecule is CCC1CC(Nc2cccc(F)c2)(C(N)=O)CCO1. The molecule has 0 bridgehead atoms. The molecule has 0 radical (unpaired) electrons. The largest absolute Gasteiger partial charge is 0.378 e. The minimum absolute atomic E-state index is 0.00214. The molecular weight excluding hydrogens is 247 g/mol. The molecule has 1 amide bonds. The zero-order chi connectivity index (χ0) is 13.9. The fourth-order valence-electron chi connectivity index (χ4n) is 2.45. The Bertz CT molecular complexity index is 467. The van der Waals surface area contributed by atoms with Crippen LogP contribution in [-0.2, 0) is 9.53 Å². The van der Waals surface area contributed by atoms with E-state index in [9.17, 15) is 9.18 Å². The summed E-state index contributed by atoms with van der Waals surface area (Å²) in [6, 6.07) is 6.05. The van der Waals surface area contributed by atoms with Crippen molar-refractivity contribution in [3.8, 4) is 0 Å². The Hall–Kier alpha value is -1.62. The van der Waals surface area contributed by atoms with Gasteiger partial charge in [0.25, 0.3) is 0 Å². The molecule has 1 saturated heterocycles. The molecule has 1 aromatic carbocycles. The minimum Gasteiger partial charge on any atom is -0.378 e. The molecule has 1 aromatic rings. The lowest BCUT2D eigenvalue weighted by Gasteiger charge is -2.39. The predicted molar refractivity (Wildman–Crippen MR) is 71.2 cm³/mol. The van der Waals surface area contributed by atoms with Gasteiger partial charge in [0.1, 0.15) is 11.4 Å². The topological polar surface area (TPSA) is 64.3 Å². The lowest BCUT2D eigenvalue weighted by molar-refractivity contribution is -0.127. The van der Waals surface area contributed by atoms with Crippen LogP contribution in [0.25, 0.3) is 0 Å². The lowest BCUT2D eigenvalue weighted by Crippen LogP contribution is -2.55. The van der Waals surface area contributed by atoms with Crippen molar-refractivity contribution >= 4 is 11.6 Å². The van der Waals surface area contributed by atoms with Crippen molar-refractivity contribution in [2.24, 2.45) is 5.73 Å². The van der Waals surface area contributed by atoms with Gasteiger partial charge in [-0.25, -0.2) is 4.39 Å². The second-order valence-corrected chi connectivity index (χ2v) is 4.94. The van der Waals surface area contributed by atoms with Crippen LogP contribution >= 0.6 is 0 Å². The number of nitrogens with two attached hydrogens (primary N) is 1. The van der Waals surface area contributed by atoms with Gasteiger partial charge in [-0.15, -0.1) is 0 Å². The van der Waals surface area contributed by atoms with E-state index >= 15 is 0 Å². The molecular formula is C14H19FN2O2. The van der Waals surface area contributed by atoms with E-state index in [2.05, 4.69) is 5.32 Å². The van der Waals surface area contributed by atoms with Gasteiger partial charge >= 0.3 is 0 Å². The van der Waals surface area contributed by atoms with Gasteiger partial charge in [0, 0.05) is 25.1 Å². The zero-order valence-corrected chi connectivity index (χ0v) is 11.0. The highest BCUT2D eigenvalue weighted by atomic mass is 19.1. The number of hydrogen-bond donors (Lipinski definition) is 2. The Morgan fingerprint density at radius 1 is 1.63 bits per heavy atom. The van der Waals surface area contributed by atoms with Gasteiger partial charge in [0.2, 0.25) is 5.91 Å². The first kappa shape index (κ1) is 13.8. The van der Waals surface area contributed by atoms with Crippen molar-refractivity contribution in [2.45, 2.75) is 37.8 Å². The van der Waals surface area contributed by atoms with E-state index in [1.54, 1.807) is 12.1 Å². The summed E-state index contributed by atoms with van der Waals surface area (Å²) in [7, 11) is 0. The molecule has 3 N–H and O–H groups in total. The molecule has 2 atom stereocenters. The first-order valence-corrected chi connectivity index (χ1v) is 6.51. The number of primary amides is 1. The van der Waals surface area contributed by atoms with Crippen LogP contribution in [0.4, 0.5) is 10.1 Å². The van der Waals surface area contributed by atoms with Gasteiger partial charge in [0.15, 0.2) is 0 Å². The molecule has 5 heteroatoms. The zero-order valence-electron chi connectivity index (χ0n) is 11.0. The quantitative estimate of drug-likeness (QED) is 0.876. The second-order valence-electron chi connectivity index (χ2n) is 4.94. The summed E-state index contributed by atoms with van der Waals surface area (Å²) in [5, 5.41) is 3.10. The smallest absolute Gasteiger partial charge is 0.243 e. The number of benzene rings is 1. The van der Waals surface area contributed by atoms with Crippen molar-refractivity contribution < 1.29 is 13.9 Å². The van der Waals surface area contributed by atoms with Crippen molar-refractivity contribution in [2.75, 3.05) is 11.9 Å². The van der Waals surface area contributed by atoms with Crippen LogP contribution in [0.5, 0.6) is 0 Å². The molecule has 1 aliphatic rings. The monoisotopic (exact) mass is 266 g/mol. The van der Waals surface area contributed by atoms with Gasteiger partial charge in [-0.05, 0) is 24.6 Å². The number of ether oxygens (including phenoxy) is 1. The number of nitrogens with one attached hydrogen (secondary N) is 1. The third-order valence-electron chi connectivity index (χ3n) is 3.59. The Morgan fingerprint density at radius 3 is 3.05 bits per heavy atom. The maximum Gasteiger partial charge on any atom is 0.243 e. The first-order chi connectivity index (χ1) is 9.05. The molecule has 104 valence electrons. The van der Waals surface area contributed by atoms with Crippen LogP contribution in [0.15, 0.2) is 24.3 Å². The van der Waals surface area contributed by atoms with Crippen LogP contribution in [0.1, 0.15) is 26.2 Å². The molecule has 1 heterocycles. The average Bonchev–Trinajstić information content (AvgIpc) is 2.38. The van der Waals surface area contributed by atoms with E-state index in [0.29, 0.717) is 25.1 Å². The maximum absolute atomic E-state index is 13.2. The van der Waals surface area contributed by atoms with Crippen LogP contribution in [0, 0.1) is 5.82 Å². The van der Waals surface area contributed by atoms with Crippen LogP contribution in [-0.4, -0.2) is 24.2 Å². The van der Waals surface area contributed by atoms with Gasteiger partial charge in [-0.2, -0.15) is 0 Å². The predicted octanol–water partition coefficient (Wildman–Crippen LogP) is 2.05. The third-order valence-corrected chi connectivity index (χ3v) is 3.59. The number of carbonyl (C=O) groups is 1. The Morgan fingerprint density at radius 2 is 2.42 bits per heavy atom. The fourth-order valence-corrected chi connectivity index (χ4v) is 2.45. The third kappa shape index (κ3) is 3.04. The van der Waals surface area contributed by atoms with E-state index in [1.807, 2.05) is 6.92 Å². The highest BCUT2D eigenvalue weighted by molar-refractivity contribution is 5.88. The van der Waals surface area contributed by atoms with Gasteiger partial charge in [0.05, 0.1) is 6.10 Å². The highest BCUT2D eigenvalue weighted by Crippen LogP contribution is 2.30. The van der Waals surface area contributed by atoms with Gasteiger partial charge in [-0.3, -0.25) is 4.79 Å².